The molecule has 0 saturated carbocycles. The number of aromatic nitrogens is 6. The molecule has 1 amide bonds. The van der Waals surface area contributed by atoms with Crippen molar-refractivity contribution >= 4 is 22.6 Å². The van der Waals surface area contributed by atoms with Gasteiger partial charge in [0, 0.05) is 22.8 Å². The number of benzene rings is 1. The Morgan fingerprint density at radius 2 is 1.97 bits per heavy atom. The first kappa shape index (κ1) is 21.9. The number of anilines is 1. The molecular weight excluding hydrogens is 456 g/mol. The first-order chi connectivity index (χ1) is 17.7. The summed E-state index contributed by atoms with van der Waals surface area (Å²) in [7, 11) is 0. The van der Waals surface area contributed by atoms with E-state index in [9.17, 15) is 4.79 Å². The highest BCUT2D eigenvalue weighted by Crippen LogP contribution is 2.31. The Balaban J connectivity index is 1.35. The highest BCUT2D eigenvalue weighted by Gasteiger charge is 2.23. The molecule has 1 aliphatic carbocycles. The van der Waals surface area contributed by atoms with Crippen molar-refractivity contribution in [3.8, 4) is 22.8 Å². The monoisotopic (exact) mass is 480 g/mol. The van der Waals surface area contributed by atoms with Crippen LogP contribution in [0.1, 0.15) is 46.7 Å². The van der Waals surface area contributed by atoms with E-state index in [1.54, 1.807) is 6.20 Å². The Morgan fingerprint density at radius 1 is 1.06 bits per heavy atom. The number of H-pyrrole nitrogens is 1. The summed E-state index contributed by atoms with van der Waals surface area (Å²) in [5.41, 5.74) is 11.9. The highest BCUT2D eigenvalue weighted by atomic mass is 16.3. The van der Waals surface area contributed by atoms with E-state index in [2.05, 4.69) is 35.5 Å². The quantitative estimate of drug-likeness (QED) is 0.321. The van der Waals surface area contributed by atoms with Crippen LogP contribution >= 0.6 is 0 Å². The predicted molar refractivity (Wildman–Crippen MR) is 134 cm³/mol. The van der Waals surface area contributed by atoms with Gasteiger partial charge in [0.25, 0.3) is 5.91 Å². The molecule has 10 heteroatoms. The van der Waals surface area contributed by atoms with Crippen LogP contribution in [0.3, 0.4) is 0 Å². The fraction of sp³-hybridized carbons (Fsp3) is 0.231. The van der Waals surface area contributed by atoms with Gasteiger partial charge in [-0.2, -0.15) is 5.10 Å². The van der Waals surface area contributed by atoms with Gasteiger partial charge in [-0.3, -0.25) is 14.9 Å². The molecule has 36 heavy (non-hydrogen) atoms. The second-order valence-electron chi connectivity index (χ2n) is 8.77. The molecular formula is C26H24N8O2. The van der Waals surface area contributed by atoms with E-state index in [0.29, 0.717) is 11.4 Å². The zero-order chi connectivity index (χ0) is 24.5. The normalized spacial score (nSPS) is 13.3. The summed E-state index contributed by atoms with van der Waals surface area (Å²) in [4.78, 5) is 30.9. The molecule has 1 aliphatic rings. The number of pyridine rings is 1. The summed E-state index contributed by atoms with van der Waals surface area (Å²) < 4.78 is 5.49. The van der Waals surface area contributed by atoms with Gasteiger partial charge < -0.3 is 15.5 Å². The minimum Gasteiger partial charge on any atom is -0.443 e. The van der Waals surface area contributed by atoms with Crippen molar-refractivity contribution in [2.24, 2.45) is 0 Å². The SMILES string of the molecule is Nc1nc(-c2ncco2)c(-c2ccc3ncccc3c2)nc1C(=O)NCc1n[nH]c2c1CCCCC2. The first-order valence-electron chi connectivity index (χ1n) is 11.9. The molecule has 4 N–H and O–H groups in total. The number of nitrogens with one attached hydrogen (secondary N) is 2. The van der Waals surface area contributed by atoms with Gasteiger partial charge in [-0.05, 0) is 49.4 Å². The number of rotatable bonds is 5. The van der Waals surface area contributed by atoms with Crippen LogP contribution in [0.2, 0.25) is 0 Å². The maximum absolute atomic E-state index is 13.2. The zero-order valence-electron chi connectivity index (χ0n) is 19.5. The minimum absolute atomic E-state index is 0.00670. The Kier molecular flexibility index (Phi) is 5.61. The molecule has 0 unspecified atom stereocenters. The molecule has 5 aromatic rings. The van der Waals surface area contributed by atoms with Crippen molar-refractivity contribution in [2.45, 2.75) is 38.6 Å². The summed E-state index contributed by atoms with van der Waals surface area (Å²) in [6.45, 7) is 0.282. The number of hydrogen-bond acceptors (Lipinski definition) is 8. The summed E-state index contributed by atoms with van der Waals surface area (Å²) in [6.07, 6.45) is 10.1. The van der Waals surface area contributed by atoms with Gasteiger partial charge in [0.05, 0.1) is 24.0 Å². The van der Waals surface area contributed by atoms with Crippen molar-refractivity contribution in [1.29, 1.82) is 0 Å². The maximum Gasteiger partial charge on any atom is 0.274 e. The van der Waals surface area contributed by atoms with Crippen molar-refractivity contribution in [3.05, 3.63) is 71.6 Å². The average molecular weight is 481 g/mol. The summed E-state index contributed by atoms with van der Waals surface area (Å²) in [5, 5.41) is 11.4. The number of fused-ring (bicyclic) bond motifs is 2. The van der Waals surface area contributed by atoms with E-state index in [-0.39, 0.29) is 23.9 Å². The van der Waals surface area contributed by atoms with Gasteiger partial charge in [0.15, 0.2) is 17.2 Å². The third-order valence-electron chi connectivity index (χ3n) is 6.46. The van der Waals surface area contributed by atoms with Crippen molar-refractivity contribution in [2.75, 3.05) is 5.73 Å². The maximum atomic E-state index is 13.2. The van der Waals surface area contributed by atoms with E-state index >= 15 is 0 Å². The third kappa shape index (κ3) is 4.06. The van der Waals surface area contributed by atoms with Crippen LogP contribution < -0.4 is 11.1 Å². The minimum atomic E-state index is -0.423. The topological polar surface area (TPSA) is 148 Å². The number of nitrogens with two attached hydrogens (primary N) is 1. The number of aromatic amines is 1. The standard InChI is InChI=1S/C26H24N8O2/c27-24-23(25(35)30-14-20-17-6-2-1-3-7-19(17)33-34-20)31-21(22(32-24)26-29-11-12-36-26)16-8-9-18-15(13-16)5-4-10-28-18/h4-5,8-13H,1-3,6-7,14H2,(H2,27,32)(H,30,35)(H,33,34). The van der Waals surface area contributed by atoms with Gasteiger partial charge in [0.1, 0.15) is 12.0 Å². The molecule has 0 fully saturated rings. The predicted octanol–water partition coefficient (Wildman–Crippen LogP) is 3.85. The number of carbonyl (C=O) groups is 1. The number of oxazole rings is 1. The Labute approximate surface area is 206 Å². The third-order valence-corrected chi connectivity index (χ3v) is 6.46. The molecule has 6 rings (SSSR count). The molecule has 0 radical (unpaired) electrons. The van der Waals surface area contributed by atoms with E-state index in [4.69, 9.17) is 10.2 Å². The Hall–Kier alpha value is -4.60. The smallest absolute Gasteiger partial charge is 0.274 e. The van der Waals surface area contributed by atoms with Crippen LogP contribution in [0.15, 0.2) is 53.4 Å². The Morgan fingerprint density at radius 3 is 2.86 bits per heavy atom. The van der Waals surface area contributed by atoms with E-state index < -0.39 is 5.91 Å². The Bertz CT molecular complexity index is 1560. The lowest BCUT2D eigenvalue weighted by Crippen LogP contribution is -2.26. The van der Waals surface area contributed by atoms with Crippen LogP contribution in [-0.2, 0) is 19.4 Å². The van der Waals surface area contributed by atoms with E-state index in [1.807, 2.05) is 30.3 Å². The second kappa shape index (κ2) is 9.21. The van der Waals surface area contributed by atoms with Gasteiger partial charge in [0.2, 0.25) is 5.89 Å². The lowest BCUT2D eigenvalue weighted by Gasteiger charge is -2.12. The molecule has 0 aliphatic heterocycles. The molecule has 4 aromatic heterocycles. The first-order valence-corrected chi connectivity index (χ1v) is 11.9. The largest absolute Gasteiger partial charge is 0.443 e. The van der Waals surface area contributed by atoms with Crippen molar-refractivity contribution in [3.63, 3.8) is 0 Å². The number of aryl methyl sites for hydroxylation is 1. The molecule has 10 nitrogen and oxygen atoms in total. The lowest BCUT2D eigenvalue weighted by atomic mass is 10.1. The highest BCUT2D eigenvalue weighted by molar-refractivity contribution is 5.98. The van der Waals surface area contributed by atoms with Crippen LogP contribution in [0.4, 0.5) is 5.82 Å². The van der Waals surface area contributed by atoms with Gasteiger partial charge in [-0.1, -0.05) is 18.6 Å². The zero-order valence-corrected chi connectivity index (χ0v) is 19.5. The van der Waals surface area contributed by atoms with E-state index in [0.717, 1.165) is 47.8 Å². The summed E-state index contributed by atoms with van der Waals surface area (Å²) in [6, 6.07) is 9.54. The molecule has 0 atom stereocenters. The van der Waals surface area contributed by atoms with Gasteiger partial charge in [-0.15, -0.1) is 0 Å². The average Bonchev–Trinajstić information content (AvgIpc) is 3.52. The fourth-order valence-electron chi connectivity index (χ4n) is 4.65. The fourth-order valence-corrected chi connectivity index (χ4v) is 4.65. The van der Waals surface area contributed by atoms with E-state index in [1.165, 1.54) is 30.1 Å². The van der Waals surface area contributed by atoms with Crippen LogP contribution in [0, 0.1) is 0 Å². The molecule has 1 aromatic carbocycles. The van der Waals surface area contributed by atoms with Crippen LogP contribution in [0.5, 0.6) is 0 Å². The summed E-state index contributed by atoms with van der Waals surface area (Å²) >= 11 is 0. The number of hydrogen-bond donors (Lipinski definition) is 3. The number of nitrogen functional groups attached to an aromatic ring is 1. The summed E-state index contributed by atoms with van der Waals surface area (Å²) in [5.74, 6) is -0.164. The number of nitrogens with zero attached hydrogens (tertiary/aromatic N) is 5. The number of carbonyl (C=O) groups excluding carboxylic acids is 1. The van der Waals surface area contributed by atoms with Crippen LogP contribution in [0.25, 0.3) is 33.7 Å². The molecule has 0 saturated heterocycles. The van der Waals surface area contributed by atoms with Gasteiger partial charge in [-0.25, -0.2) is 15.0 Å². The molecule has 180 valence electrons. The van der Waals surface area contributed by atoms with Crippen molar-refractivity contribution in [1.82, 2.24) is 35.5 Å². The second-order valence-corrected chi connectivity index (χ2v) is 8.77. The number of amides is 1. The molecule has 0 spiro atoms. The van der Waals surface area contributed by atoms with Gasteiger partial charge >= 0.3 is 0 Å². The van der Waals surface area contributed by atoms with Crippen molar-refractivity contribution < 1.29 is 9.21 Å². The molecule has 4 heterocycles. The molecule has 0 bridgehead atoms. The van der Waals surface area contributed by atoms with Crippen LogP contribution in [-0.4, -0.2) is 36.0 Å². The lowest BCUT2D eigenvalue weighted by molar-refractivity contribution is 0.0946.